The van der Waals surface area contributed by atoms with Crippen LogP contribution in [0.1, 0.15) is 30.5 Å². The summed E-state index contributed by atoms with van der Waals surface area (Å²) in [6, 6.07) is 10.6. The van der Waals surface area contributed by atoms with Crippen LogP contribution in [0.5, 0.6) is 0 Å². The van der Waals surface area contributed by atoms with Gasteiger partial charge in [-0.2, -0.15) is 5.10 Å². The average Bonchev–Trinajstić information content (AvgIpc) is 3.03. The van der Waals surface area contributed by atoms with Crippen LogP contribution in [0.3, 0.4) is 0 Å². The van der Waals surface area contributed by atoms with Gasteiger partial charge >= 0.3 is 0 Å². The molecular weight excluding hydrogens is 384 g/mol. The van der Waals surface area contributed by atoms with Crippen LogP contribution in [0.2, 0.25) is 0 Å². The largest absolute Gasteiger partial charge is 0.335 e. The van der Waals surface area contributed by atoms with Crippen molar-refractivity contribution in [1.29, 1.82) is 0 Å². The molecule has 0 fully saturated rings. The zero-order chi connectivity index (χ0) is 20.1. The first-order valence-corrected chi connectivity index (χ1v) is 9.51. The molecule has 8 heteroatoms. The Kier molecular flexibility index (Phi) is 4.45. The van der Waals surface area contributed by atoms with Crippen LogP contribution in [0.15, 0.2) is 47.6 Å². The van der Waals surface area contributed by atoms with Crippen molar-refractivity contribution in [2.45, 2.75) is 25.3 Å². The number of rotatable bonds is 1. The molecule has 2 aliphatic rings. The van der Waals surface area contributed by atoms with Crippen LogP contribution in [-0.4, -0.2) is 33.3 Å². The minimum absolute atomic E-state index is 0.00875. The second-order valence-electron chi connectivity index (χ2n) is 6.78. The zero-order valence-electron chi connectivity index (χ0n) is 15.3. The topological polar surface area (TPSA) is 53.0 Å². The quantitative estimate of drug-likeness (QED) is 0.736. The number of amides is 2. The first-order valence-electron chi connectivity index (χ1n) is 8.69. The molecule has 1 spiro atoms. The molecule has 0 aliphatic carbocycles. The van der Waals surface area contributed by atoms with E-state index in [2.05, 4.69) is 5.10 Å². The van der Waals surface area contributed by atoms with E-state index in [4.69, 9.17) is 0 Å². The lowest BCUT2D eigenvalue weighted by Crippen LogP contribution is -2.53. The van der Waals surface area contributed by atoms with Crippen molar-refractivity contribution in [2.75, 3.05) is 6.54 Å². The molecule has 2 aromatic rings. The third-order valence-corrected chi connectivity index (χ3v) is 6.26. The van der Waals surface area contributed by atoms with Crippen molar-refractivity contribution in [2.24, 2.45) is 5.10 Å². The molecule has 1 unspecified atom stereocenters. The van der Waals surface area contributed by atoms with Gasteiger partial charge in [-0.3, -0.25) is 9.59 Å². The van der Waals surface area contributed by atoms with Crippen molar-refractivity contribution in [1.82, 2.24) is 9.91 Å². The third-order valence-electron chi connectivity index (χ3n) is 4.91. The number of carbonyl (C=O) groups excluding carboxylic acids is 2. The Morgan fingerprint density at radius 2 is 1.86 bits per heavy atom. The summed E-state index contributed by atoms with van der Waals surface area (Å²) in [4.78, 5) is 25.2. The fourth-order valence-corrected chi connectivity index (χ4v) is 5.12. The molecular formula is C20H17F2N3O2S. The second-order valence-corrected chi connectivity index (χ2v) is 8.05. The molecule has 5 nitrogen and oxygen atoms in total. The van der Waals surface area contributed by atoms with E-state index in [1.54, 1.807) is 4.90 Å². The molecule has 28 heavy (non-hydrogen) atoms. The lowest BCUT2D eigenvalue weighted by Gasteiger charge is -2.44. The molecule has 0 radical (unpaired) electrons. The van der Waals surface area contributed by atoms with Crippen molar-refractivity contribution < 1.29 is 18.4 Å². The Balaban J connectivity index is 1.88. The zero-order valence-corrected chi connectivity index (χ0v) is 16.1. The molecule has 0 saturated heterocycles. The fraction of sp³-hybridized carbons (Fsp3) is 0.250. The van der Waals surface area contributed by atoms with Gasteiger partial charge < -0.3 is 4.90 Å². The summed E-state index contributed by atoms with van der Waals surface area (Å²) < 4.78 is 28.1. The lowest BCUT2D eigenvalue weighted by molar-refractivity contribution is -0.138. The van der Waals surface area contributed by atoms with Crippen molar-refractivity contribution >= 4 is 28.6 Å². The summed E-state index contributed by atoms with van der Waals surface area (Å²) in [6.07, 6.45) is 0. The van der Waals surface area contributed by atoms with E-state index in [0.717, 1.165) is 41.1 Å². The van der Waals surface area contributed by atoms with Gasteiger partial charge in [0.1, 0.15) is 16.7 Å². The Morgan fingerprint density at radius 1 is 1.11 bits per heavy atom. The monoisotopic (exact) mass is 401 g/mol. The molecule has 2 aromatic carbocycles. The summed E-state index contributed by atoms with van der Waals surface area (Å²) in [5.41, 5.74) is 1.72. The van der Waals surface area contributed by atoms with E-state index in [-0.39, 0.29) is 29.0 Å². The van der Waals surface area contributed by atoms with Crippen LogP contribution in [0.25, 0.3) is 0 Å². The number of halogens is 2. The van der Waals surface area contributed by atoms with Crippen molar-refractivity contribution in [3.05, 3.63) is 70.8 Å². The standard InChI is InChI=1S/C20H17F2N3O2S/c1-12(26)24-10-14-5-3-4-6-17(14)20(11-24)25(13(2)27)23-19(28-20)16-9-15(21)7-8-18(16)22/h3-9H,10-11H2,1-2H3. The van der Waals surface area contributed by atoms with Gasteiger partial charge in [0.2, 0.25) is 11.8 Å². The molecule has 2 aliphatic heterocycles. The maximum absolute atomic E-state index is 14.4. The summed E-state index contributed by atoms with van der Waals surface area (Å²) >= 11 is 1.16. The molecule has 0 saturated carbocycles. The molecule has 0 aromatic heterocycles. The maximum atomic E-state index is 14.4. The number of benzene rings is 2. The Bertz CT molecular complexity index is 1030. The minimum Gasteiger partial charge on any atom is -0.335 e. The maximum Gasteiger partial charge on any atom is 0.241 e. The Hall–Kier alpha value is -2.74. The predicted molar refractivity (Wildman–Crippen MR) is 102 cm³/mol. The van der Waals surface area contributed by atoms with Gasteiger partial charge in [0.05, 0.1) is 6.54 Å². The first kappa shape index (κ1) is 18.6. The minimum atomic E-state index is -1.03. The predicted octanol–water partition coefficient (Wildman–Crippen LogP) is 3.44. The third kappa shape index (κ3) is 2.88. The normalized spacial score (nSPS) is 20.9. The summed E-state index contributed by atoms with van der Waals surface area (Å²) in [5.74, 6) is -1.70. The van der Waals surface area contributed by atoms with Gasteiger partial charge in [-0.1, -0.05) is 36.0 Å². The van der Waals surface area contributed by atoms with E-state index in [9.17, 15) is 18.4 Å². The number of hydrogen-bond donors (Lipinski definition) is 0. The molecule has 2 amide bonds. The van der Waals surface area contributed by atoms with Crippen LogP contribution in [0.4, 0.5) is 8.78 Å². The van der Waals surface area contributed by atoms with Gasteiger partial charge in [0.25, 0.3) is 0 Å². The highest BCUT2D eigenvalue weighted by atomic mass is 32.2. The highest BCUT2D eigenvalue weighted by Crippen LogP contribution is 2.51. The lowest BCUT2D eigenvalue weighted by atomic mass is 9.94. The molecule has 2 heterocycles. The van der Waals surface area contributed by atoms with E-state index >= 15 is 0 Å². The number of carbonyl (C=O) groups is 2. The number of thioether (sulfide) groups is 1. The molecule has 1 atom stereocenters. The van der Waals surface area contributed by atoms with Crippen molar-refractivity contribution in [3.63, 3.8) is 0 Å². The molecule has 4 rings (SSSR count). The number of fused-ring (bicyclic) bond motifs is 2. The highest BCUT2D eigenvalue weighted by Gasteiger charge is 2.52. The fourth-order valence-electron chi connectivity index (χ4n) is 3.63. The highest BCUT2D eigenvalue weighted by molar-refractivity contribution is 8.15. The van der Waals surface area contributed by atoms with Crippen molar-refractivity contribution in [3.8, 4) is 0 Å². The van der Waals surface area contributed by atoms with Gasteiger partial charge in [-0.05, 0) is 29.3 Å². The van der Waals surface area contributed by atoms with E-state index in [1.807, 2.05) is 24.3 Å². The summed E-state index contributed by atoms with van der Waals surface area (Å²) in [7, 11) is 0. The Labute approximate surface area is 165 Å². The van der Waals surface area contributed by atoms with Gasteiger partial charge in [0.15, 0.2) is 4.87 Å². The average molecular weight is 401 g/mol. The van der Waals surface area contributed by atoms with Gasteiger partial charge in [-0.25, -0.2) is 13.8 Å². The molecule has 0 N–H and O–H groups in total. The van der Waals surface area contributed by atoms with Gasteiger partial charge in [-0.15, -0.1) is 0 Å². The molecule has 144 valence electrons. The number of hydrazone groups is 1. The Morgan fingerprint density at radius 3 is 2.57 bits per heavy atom. The smallest absolute Gasteiger partial charge is 0.241 e. The number of hydrogen-bond acceptors (Lipinski definition) is 4. The SMILES string of the molecule is CC(=O)N1Cc2ccccc2C2(C1)SC(c1cc(F)ccc1F)=NN2C(C)=O. The van der Waals surface area contributed by atoms with Crippen LogP contribution in [-0.2, 0) is 21.0 Å². The number of nitrogens with zero attached hydrogens (tertiary/aromatic N) is 3. The second kappa shape index (κ2) is 6.70. The van der Waals surface area contributed by atoms with E-state index in [1.165, 1.54) is 18.9 Å². The molecule has 0 bridgehead atoms. The first-order chi connectivity index (χ1) is 13.3. The van der Waals surface area contributed by atoms with E-state index < -0.39 is 16.5 Å². The van der Waals surface area contributed by atoms with Crippen LogP contribution >= 0.6 is 11.8 Å². The summed E-state index contributed by atoms with van der Waals surface area (Å²) in [6.45, 7) is 3.45. The van der Waals surface area contributed by atoms with E-state index in [0.29, 0.717) is 6.54 Å². The van der Waals surface area contributed by atoms with Crippen LogP contribution in [0, 0.1) is 11.6 Å². The van der Waals surface area contributed by atoms with Gasteiger partial charge in [0, 0.05) is 26.0 Å². The van der Waals surface area contributed by atoms with Crippen LogP contribution < -0.4 is 0 Å². The summed E-state index contributed by atoms with van der Waals surface area (Å²) in [5, 5.41) is 5.83.